The van der Waals surface area contributed by atoms with Crippen LogP contribution >= 0.6 is 27.3 Å². The molecular formula is C11H15BrOS. The molecule has 1 aromatic heterocycles. The molecule has 1 aromatic rings. The maximum atomic E-state index is 11.6. The first-order chi connectivity index (χ1) is 6.59. The third kappa shape index (κ3) is 3.93. The molecule has 14 heavy (non-hydrogen) atoms. The molecule has 0 bridgehead atoms. The maximum absolute atomic E-state index is 11.6. The molecule has 0 aliphatic rings. The van der Waals surface area contributed by atoms with Crippen LogP contribution in [0.3, 0.4) is 0 Å². The first kappa shape index (κ1) is 11.9. The number of ketones is 1. The molecule has 0 saturated heterocycles. The van der Waals surface area contributed by atoms with E-state index in [2.05, 4.69) is 29.8 Å². The van der Waals surface area contributed by atoms with Crippen LogP contribution in [0.15, 0.2) is 15.2 Å². The fraction of sp³-hybridized carbons (Fsp3) is 0.545. The van der Waals surface area contributed by atoms with E-state index in [9.17, 15) is 4.79 Å². The minimum absolute atomic E-state index is 0.271. The number of hydrogen-bond donors (Lipinski definition) is 0. The summed E-state index contributed by atoms with van der Waals surface area (Å²) in [6.07, 6.45) is 2.82. The van der Waals surface area contributed by atoms with Crippen molar-refractivity contribution in [2.24, 2.45) is 5.92 Å². The van der Waals surface area contributed by atoms with Crippen molar-refractivity contribution >= 4 is 33.0 Å². The molecule has 0 aliphatic heterocycles. The molecule has 0 fully saturated rings. The van der Waals surface area contributed by atoms with Gasteiger partial charge in [0.2, 0.25) is 0 Å². The number of Topliss-reactive ketones (excluding diaryl/α,β-unsaturated/α-hetero) is 1. The van der Waals surface area contributed by atoms with Gasteiger partial charge in [-0.2, -0.15) is 0 Å². The number of hydrogen-bond acceptors (Lipinski definition) is 2. The summed E-state index contributed by atoms with van der Waals surface area (Å²) in [6, 6.07) is 1.91. The zero-order valence-corrected chi connectivity index (χ0v) is 11.0. The molecule has 0 unspecified atom stereocenters. The summed E-state index contributed by atoms with van der Waals surface area (Å²) >= 11 is 4.93. The molecule has 0 amide bonds. The minimum Gasteiger partial charge on any atom is -0.294 e. The lowest BCUT2D eigenvalue weighted by Gasteiger charge is -2.02. The Morgan fingerprint density at radius 1 is 1.57 bits per heavy atom. The molecule has 0 saturated carbocycles. The van der Waals surface area contributed by atoms with Crippen LogP contribution in [0.2, 0.25) is 0 Å². The Balaban J connectivity index is 2.36. The van der Waals surface area contributed by atoms with Crippen molar-refractivity contribution in [3.8, 4) is 0 Å². The Kier molecular flexibility index (Phi) is 4.82. The van der Waals surface area contributed by atoms with Crippen molar-refractivity contribution in [2.75, 3.05) is 0 Å². The van der Waals surface area contributed by atoms with Crippen molar-refractivity contribution in [1.29, 1.82) is 0 Å². The van der Waals surface area contributed by atoms with E-state index in [1.807, 2.05) is 11.4 Å². The normalized spacial score (nSPS) is 10.9. The number of thiophene rings is 1. The lowest BCUT2D eigenvalue weighted by atomic mass is 10.0. The second kappa shape index (κ2) is 5.66. The molecule has 1 rings (SSSR count). The summed E-state index contributed by atoms with van der Waals surface area (Å²) in [5.41, 5.74) is 0.852. The van der Waals surface area contributed by atoms with Crippen molar-refractivity contribution in [3.63, 3.8) is 0 Å². The van der Waals surface area contributed by atoms with Crippen molar-refractivity contribution in [1.82, 2.24) is 0 Å². The van der Waals surface area contributed by atoms with Crippen LogP contribution in [0.5, 0.6) is 0 Å². The highest BCUT2D eigenvalue weighted by Crippen LogP contribution is 2.22. The molecule has 1 nitrogen and oxygen atoms in total. The molecule has 0 spiro atoms. The van der Waals surface area contributed by atoms with Crippen molar-refractivity contribution < 1.29 is 4.79 Å². The van der Waals surface area contributed by atoms with E-state index in [1.165, 1.54) is 0 Å². The summed E-state index contributed by atoms with van der Waals surface area (Å²) in [5, 5.41) is 1.92. The molecular weight excluding hydrogens is 260 g/mol. The third-order valence-corrected chi connectivity index (χ3v) is 3.58. The molecule has 0 N–H and O–H groups in total. The van der Waals surface area contributed by atoms with Crippen molar-refractivity contribution in [3.05, 3.63) is 20.8 Å². The molecule has 78 valence electrons. The topological polar surface area (TPSA) is 17.1 Å². The lowest BCUT2D eigenvalue weighted by Crippen LogP contribution is -1.98. The number of halogens is 1. The van der Waals surface area contributed by atoms with Gasteiger partial charge in [-0.25, -0.2) is 0 Å². The third-order valence-electron chi connectivity index (χ3n) is 2.07. The minimum atomic E-state index is 0.271. The van der Waals surface area contributed by atoms with Gasteiger partial charge in [0, 0.05) is 17.4 Å². The number of carbonyl (C=O) groups is 1. The van der Waals surface area contributed by atoms with Gasteiger partial charge >= 0.3 is 0 Å². The van der Waals surface area contributed by atoms with E-state index in [4.69, 9.17) is 0 Å². The van der Waals surface area contributed by atoms with Gasteiger partial charge in [0.1, 0.15) is 0 Å². The zero-order valence-electron chi connectivity index (χ0n) is 8.55. The standard InChI is InChI=1S/C11H15BrOS/c1-8(2)4-3-5-10(13)9-6-11(12)14-7-9/h6-8H,3-5H2,1-2H3. The lowest BCUT2D eigenvalue weighted by molar-refractivity contribution is 0.0978. The van der Waals surface area contributed by atoms with Gasteiger partial charge in [-0.1, -0.05) is 20.3 Å². The first-order valence-corrected chi connectivity index (χ1v) is 6.54. The second-order valence-electron chi connectivity index (χ2n) is 3.85. The van der Waals surface area contributed by atoms with E-state index < -0.39 is 0 Å². The molecule has 0 atom stereocenters. The first-order valence-electron chi connectivity index (χ1n) is 4.87. The summed E-state index contributed by atoms with van der Waals surface area (Å²) < 4.78 is 1.03. The van der Waals surface area contributed by atoms with Gasteiger partial charge in [0.15, 0.2) is 5.78 Å². The zero-order chi connectivity index (χ0) is 10.6. The quantitative estimate of drug-likeness (QED) is 0.722. The van der Waals surface area contributed by atoms with Crippen LogP contribution in [0.25, 0.3) is 0 Å². The highest BCUT2D eigenvalue weighted by Gasteiger charge is 2.07. The van der Waals surface area contributed by atoms with Crippen molar-refractivity contribution in [2.45, 2.75) is 33.1 Å². The van der Waals surface area contributed by atoms with Gasteiger partial charge in [-0.05, 0) is 34.3 Å². The molecule has 0 radical (unpaired) electrons. The fourth-order valence-electron chi connectivity index (χ4n) is 1.27. The van der Waals surface area contributed by atoms with Gasteiger partial charge in [-0.3, -0.25) is 4.79 Å². The molecule has 0 aromatic carbocycles. The van der Waals surface area contributed by atoms with Gasteiger partial charge < -0.3 is 0 Å². The maximum Gasteiger partial charge on any atom is 0.163 e. The van der Waals surface area contributed by atoms with E-state index in [0.29, 0.717) is 12.3 Å². The van der Waals surface area contributed by atoms with Crippen LogP contribution in [0.1, 0.15) is 43.5 Å². The van der Waals surface area contributed by atoms with E-state index >= 15 is 0 Å². The molecule has 1 heterocycles. The fourth-order valence-corrected chi connectivity index (χ4v) is 2.43. The van der Waals surface area contributed by atoms with Crippen LogP contribution in [0.4, 0.5) is 0 Å². The average Bonchev–Trinajstić information content (AvgIpc) is 2.51. The van der Waals surface area contributed by atoms with Crippen LogP contribution in [0, 0.1) is 5.92 Å². The van der Waals surface area contributed by atoms with Crippen LogP contribution in [-0.4, -0.2) is 5.78 Å². The average molecular weight is 275 g/mol. The van der Waals surface area contributed by atoms with Crippen LogP contribution < -0.4 is 0 Å². The van der Waals surface area contributed by atoms with E-state index in [1.54, 1.807) is 11.3 Å². The second-order valence-corrected chi connectivity index (χ2v) is 6.14. The monoisotopic (exact) mass is 274 g/mol. The largest absolute Gasteiger partial charge is 0.294 e. The number of carbonyl (C=O) groups excluding carboxylic acids is 1. The number of rotatable bonds is 5. The Labute approximate surface area is 97.7 Å². The Morgan fingerprint density at radius 2 is 2.29 bits per heavy atom. The van der Waals surface area contributed by atoms with E-state index in [-0.39, 0.29) is 5.78 Å². The van der Waals surface area contributed by atoms with E-state index in [0.717, 1.165) is 22.2 Å². The summed E-state index contributed by atoms with van der Waals surface area (Å²) in [5.74, 6) is 0.963. The smallest absolute Gasteiger partial charge is 0.163 e. The summed E-state index contributed by atoms with van der Waals surface area (Å²) in [4.78, 5) is 11.6. The van der Waals surface area contributed by atoms with Crippen LogP contribution in [-0.2, 0) is 0 Å². The molecule has 0 aliphatic carbocycles. The highest BCUT2D eigenvalue weighted by molar-refractivity contribution is 9.11. The van der Waals surface area contributed by atoms with Gasteiger partial charge in [0.25, 0.3) is 0 Å². The van der Waals surface area contributed by atoms with Gasteiger partial charge in [-0.15, -0.1) is 11.3 Å². The Hall–Kier alpha value is -0.150. The summed E-state index contributed by atoms with van der Waals surface area (Å²) in [7, 11) is 0. The molecule has 3 heteroatoms. The SMILES string of the molecule is CC(C)CCCC(=O)c1csc(Br)c1. The summed E-state index contributed by atoms with van der Waals surface area (Å²) in [6.45, 7) is 4.37. The Bertz CT molecular complexity index is 304. The Morgan fingerprint density at radius 3 is 2.79 bits per heavy atom. The highest BCUT2D eigenvalue weighted by atomic mass is 79.9. The predicted octanol–water partition coefficient (Wildman–Crippen LogP) is 4.52. The van der Waals surface area contributed by atoms with Gasteiger partial charge in [0.05, 0.1) is 3.79 Å². The predicted molar refractivity (Wildman–Crippen MR) is 65.0 cm³/mol.